The van der Waals surface area contributed by atoms with Gasteiger partial charge in [0.25, 0.3) is 0 Å². The van der Waals surface area contributed by atoms with Crippen molar-refractivity contribution in [2.45, 2.75) is 32.4 Å². The van der Waals surface area contributed by atoms with Gasteiger partial charge in [-0.1, -0.05) is 37.6 Å². The fourth-order valence-corrected chi connectivity index (χ4v) is 4.03. The van der Waals surface area contributed by atoms with Crippen molar-refractivity contribution >= 4 is 34.1 Å². The van der Waals surface area contributed by atoms with Crippen LogP contribution in [0.15, 0.2) is 54.1 Å². The number of nitrogens with zero attached hydrogens (tertiary/aromatic N) is 2. The highest BCUT2D eigenvalue weighted by Gasteiger charge is 2.13. The number of benzene rings is 1. The van der Waals surface area contributed by atoms with Crippen LogP contribution in [0.3, 0.4) is 0 Å². The van der Waals surface area contributed by atoms with E-state index in [1.807, 2.05) is 41.9 Å². The molecule has 0 aliphatic carbocycles. The number of aliphatic hydroxyl groups is 1. The normalized spacial score (nSPS) is 13.0. The molecule has 1 atom stereocenters. The number of unbranched alkanes of at least 4 members (excludes halogenated alkanes) is 1. The molecular weight excluding hydrogens is 368 g/mol. The van der Waals surface area contributed by atoms with Gasteiger partial charge in [-0.05, 0) is 49.7 Å². The first kappa shape index (κ1) is 20.5. The van der Waals surface area contributed by atoms with Crippen LogP contribution in [-0.4, -0.2) is 46.6 Å². The number of likely N-dealkylation sites (N-methyl/N-ethyl adjacent to an activating group) is 1. The molecule has 0 bridgehead atoms. The smallest absolute Gasteiger partial charge is 0.195 e. The van der Waals surface area contributed by atoms with Crippen molar-refractivity contribution in [2.75, 3.05) is 20.1 Å². The van der Waals surface area contributed by atoms with Gasteiger partial charge in [0.15, 0.2) is 5.78 Å². The maximum atomic E-state index is 12.3. The molecule has 5 heteroatoms. The molecule has 0 spiro atoms. The lowest BCUT2D eigenvalue weighted by Gasteiger charge is -2.21. The fourth-order valence-electron chi connectivity index (χ4n) is 3.39. The number of hydrogen-bond acceptors (Lipinski definition) is 4. The zero-order valence-corrected chi connectivity index (χ0v) is 17.4. The molecule has 148 valence electrons. The van der Waals surface area contributed by atoms with E-state index >= 15 is 0 Å². The highest BCUT2D eigenvalue weighted by atomic mass is 32.1. The van der Waals surface area contributed by atoms with Gasteiger partial charge in [-0.25, -0.2) is 0 Å². The van der Waals surface area contributed by atoms with E-state index in [1.165, 1.54) is 11.3 Å². The first-order chi connectivity index (χ1) is 13.6. The van der Waals surface area contributed by atoms with Gasteiger partial charge in [-0.2, -0.15) is 0 Å². The number of aliphatic hydroxyl groups excluding tert-OH is 1. The minimum atomic E-state index is -0.442. The van der Waals surface area contributed by atoms with E-state index in [9.17, 15) is 9.90 Å². The van der Waals surface area contributed by atoms with Gasteiger partial charge in [-0.3, -0.25) is 4.79 Å². The average molecular weight is 397 g/mol. The second-order valence-electron chi connectivity index (χ2n) is 7.20. The molecule has 3 aromatic rings. The third kappa shape index (κ3) is 5.19. The third-order valence-electron chi connectivity index (χ3n) is 4.82. The summed E-state index contributed by atoms with van der Waals surface area (Å²) in [6.07, 6.45) is 7.39. The molecular formula is C23H28N2O2S. The number of rotatable bonds is 10. The Morgan fingerprint density at radius 3 is 2.86 bits per heavy atom. The average Bonchev–Trinajstić information content (AvgIpc) is 3.33. The molecule has 0 aliphatic heterocycles. The lowest BCUT2D eigenvalue weighted by atomic mass is 10.1. The second kappa shape index (κ2) is 9.82. The topological polar surface area (TPSA) is 45.5 Å². The maximum absolute atomic E-state index is 12.3. The van der Waals surface area contributed by atoms with Crippen molar-refractivity contribution in [2.24, 2.45) is 0 Å². The zero-order valence-electron chi connectivity index (χ0n) is 16.5. The van der Waals surface area contributed by atoms with Gasteiger partial charge in [-0.15, -0.1) is 11.3 Å². The summed E-state index contributed by atoms with van der Waals surface area (Å²) in [7, 11) is 2.05. The Balaban J connectivity index is 1.76. The number of hydrogen-bond donors (Lipinski definition) is 1. The quantitative estimate of drug-likeness (QED) is 0.399. The number of ketones is 1. The van der Waals surface area contributed by atoms with Crippen molar-refractivity contribution in [3.8, 4) is 0 Å². The number of allylic oxidation sites excluding steroid dienone is 1. The minimum Gasteiger partial charge on any atom is -0.390 e. The molecule has 1 aromatic carbocycles. The van der Waals surface area contributed by atoms with Crippen LogP contribution in [0.4, 0.5) is 0 Å². The molecule has 3 rings (SSSR count). The Hall–Kier alpha value is -2.21. The number of thiophene rings is 1. The predicted molar refractivity (Wildman–Crippen MR) is 118 cm³/mol. The second-order valence-corrected chi connectivity index (χ2v) is 8.15. The minimum absolute atomic E-state index is 0.0180. The largest absolute Gasteiger partial charge is 0.390 e. The Kier molecular flexibility index (Phi) is 7.20. The van der Waals surface area contributed by atoms with E-state index in [0.29, 0.717) is 13.1 Å². The van der Waals surface area contributed by atoms with E-state index in [-0.39, 0.29) is 5.78 Å². The van der Waals surface area contributed by atoms with Crippen LogP contribution >= 0.6 is 11.3 Å². The van der Waals surface area contributed by atoms with Gasteiger partial charge in [0.1, 0.15) is 0 Å². The standard InChI is InChI=1S/C23H28N2O2S/c1-3-4-13-24(2)16-19(26)17-25-15-18(20-8-5-6-9-21(20)25)11-12-22(27)23-10-7-14-28-23/h5-12,14-15,19,26H,3-4,13,16-17H2,1-2H3/b12-11-/t19-/m0/s1. The zero-order chi connectivity index (χ0) is 19.9. The van der Waals surface area contributed by atoms with Gasteiger partial charge in [0.05, 0.1) is 11.0 Å². The Bertz CT molecular complexity index is 927. The van der Waals surface area contributed by atoms with Crippen molar-refractivity contribution in [3.63, 3.8) is 0 Å². The number of para-hydroxylation sites is 1. The summed E-state index contributed by atoms with van der Waals surface area (Å²) < 4.78 is 2.09. The number of carbonyl (C=O) groups is 1. The molecule has 0 radical (unpaired) electrons. The van der Waals surface area contributed by atoms with E-state index in [2.05, 4.69) is 35.6 Å². The van der Waals surface area contributed by atoms with Crippen molar-refractivity contribution in [3.05, 3.63) is 64.5 Å². The highest BCUT2D eigenvalue weighted by Crippen LogP contribution is 2.23. The molecule has 28 heavy (non-hydrogen) atoms. The molecule has 0 unspecified atom stereocenters. The first-order valence-electron chi connectivity index (χ1n) is 9.79. The van der Waals surface area contributed by atoms with Crippen LogP contribution in [0.1, 0.15) is 35.0 Å². The summed E-state index contributed by atoms with van der Waals surface area (Å²) in [5.41, 5.74) is 2.06. The highest BCUT2D eigenvalue weighted by molar-refractivity contribution is 7.12. The fraction of sp³-hybridized carbons (Fsp3) is 0.348. The first-order valence-corrected chi connectivity index (χ1v) is 10.7. The van der Waals surface area contributed by atoms with Crippen LogP contribution in [0.5, 0.6) is 0 Å². The maximum Gasteiger partial charge on any atom is 0.195 e. The van der Waals surface area contributed by atoms with Gasteiger partial charge >= 0.3 is 0 Å². The summed E-state index contributed by atoms with van der Waals surface area (Å²) in [6, 6.07) is 11.8. The summed E-state index contributed by atoms with van der Waals surface area (Å²) in [5, 5.41) is 13.5. The molecule has 2 heterocycles. The summed E-state index contributed by atoms with van der Waals surface area (Å²) in [5.74, 6) is 0.0180. The Morgan fingerprint density at radius 1 is 1.29 bits per heavy atom. The summed E-state index contributed by atoms with van der Waals surface area (Å²) in [6.45, 7) is 4.35. The monoisotopic (exact) mass is 396 g/mol. The van der Waals surface area contributed by atoms with Crippen LogP contribution in [0.25, 0.3) is 17.0 Å². The molecule has 0 aliphatic rings. The molecule has 0 amide bonds. The number of fused-ring (bicyclic) bond motifs is 1. The van der Waals surface area contributed by atoms with Gasteiger partial charge in [0.2, 0.25) is 0 Å². The molecule has 0 saturated carbocycles. The van der Waals surface area contributed by atoms with E-state index < -0.39 is 6.10 Å². The van der Waals surface area contributed by atoms with Crippen molar-refractivity contribution in [1.29, 1.82) is 0 Å². The third-order valence-corrected chi connectivity index (χ3v) is 5.71. The van der Waals surface area contributed by atoms with E-state index in [1.54, 1.807) is 6.08 Å². The molecule has 2 aromatic heterocycles. The molecule has 1 N–H and O–H groups in total. The molecule has 0 saturated heterocycles. The lowest BCUT2D eigenvalue weighted by molar-refractivity contribution is 0.105. The lowest BCUT2D eigenvalue weighted by Crippen LogP contribution is -2.32. The summed E-state index contributed by atoms with van der Waals surface area (Å²) >= 11 is 1.45. The van der Waals surface area contributed by atoms with Crippen LogP contribution < -0.4 is 0 Å². The molecule has 0 fully saturated rings. The van der Waals surface area contributed by atoms with E-state index in [4.69, 9.17) is 0 Å². The van der Waals surface area contributed by atoms with Crippen molar-refractivity contribution < 1.29 is 9.90 Å². The Morgan fingerprint density at radius 2 is 2.11 bits per heavy atom. The van der Waals surface area contributed by atoms with Gasteiger partial charge < -0.3 is 14.6 Å². The predicted octanol–water partition coefficient (Wildman–Crippen LogP) is 4.69. The number of carbonyl (C=O) groups excluding carboxylic acids is 1. The van der Waals surface area contributed by atoms with Crippen molar-refractivity contribution in [1.82, 2.24) is 9.47 Å². The Labute approximate surface area is 170 Å². The number of aromatic nitrogens is 1. The van der Waals surface area contributed by atoms with Crippen LogP contribution in [0.2, 0.25) is 0 Å². The molecule has 4 nitrogen and oxygen atoms in total. The van der Waals surface area contributed by atoms with Crippen LogP contribution in [0, 0.1) is 0 Å². The SMILES string of the molecule is CCCCN(C)C[C@H](O)Cn1cc(/C=C\C(=O)c2cccs2)c2ccccc21. The van der Waals surface area contributed by atoms with Crippen LogP contribution in [-0.2, 0) is 6.54 Å². The van der Waals surface area contributed by atoms with E-state index in [0.717, 1.165) is 40.7 Å². The summed E-state index contributed by atoms with van der Waals surface area (Å²) in [4.78, 5) is 15.2. The van der Waals surface area contributed by atoms with Gasteiger partial charge in [0, 0.05) is 35.8 Å².